The number of anilines is 1. The van der Waals surface area contributed by atoms with Crippen LogP contribution < -0.4 is 4.90 Å². The predicted molar refractivity (Wildman–Crippen MR) is 99.1 cm³/mol. The number of piperazine rings is 2. The van der Waals surface area contributed by atoms with Crippen LogP contribution in [0.2, 0.25) is 0 Å². The Hall–Kier alpha value is -1.73. The highest BCUT2D eigenvalue weighted by molar-refractivity contribution is 5.95. The van der Waals surface area contributed by atoms with Crippen LogP contribution in [-0.4, -0.2) is 96.5 Å². The van der Waals surface area contributed by atoms with Gasteiger partial charge in [-0.25, -0.2) is 9.97 Å². The van der Waals surface area contributed by atoms with Crippen LogP contribution in [0.4, 0.5) is 5.95 Å². The number of hydrogen-bond acceptors (Lipinski definition) is 6. The molecule has 2 aliphatic rings. The molecule has 2 aliphatic heterocycles. The van der Waals surface area contributed by atoms with E-state index < -0.39 is 0 Å². The third-order valence-corrected chi connectivity index (χ3v) is 5.18. The van der Waals surface area contributed by atoms with Gasteiger partial charge in [-0.05, 0) is 26.9 Å². The maximum Gasteiger partial charge on any atom is 0.257 e. The minimum absolute atomic E-state index is 0.0681. The van der Waals surface area contributed by atoms with Crippen molar-refractivity contribution in [2.75, 3.05) is 70.9 Å². The first kappa shape index (κ1) is 18.1. The molecule has 1 aromatic heterocycles. The van der Waals surface area contributed by atoms with E-state index >= 15 is 0 Å². The largest absolute Gasteiger partial charge is 0.338 e. The van der Waals surface area contributed by atoms with Crippen LogP contribution in [-0.2, 0) is 0 Å². The highest BCUT2D eigenvalue weighted by Gasteiger charge is 2.24. The molecule has 0 aliphatic carbocycles. The molecule has 3 heterocycles. The summed E-state index contributed by atoms with van der Waals surface area (Å²) in [6.45, 7) is 12.6. The maximum absolute atomic E-state index is 12.8. The third kappa shape index (κ3) is 4.27. The van der Waals surface area contributed by atoms with Gasteiger partial charge < -0.3 is 14.7 Å². The van der Waals surface area contributed by atoms with Crippen LogP contribution in [0.1, 0.15) is 29.4 Å². The molecular formula is C18H30N6O. The lowest BCUT2D eigenvalue weighted by Crippen LogP contribution is -2.49. The van der Waals surface area contributed by atoms with Gasteiger partial charge in [0.15, 0.2) is 0 Å². The summed E-state index contributed by atoms with van der Waals surface area (Å²) in [5.41, 5.74) is 1.42. The molecule has 25 heavy (non-hydrogen) atoms. The van der Waals surface area contributed by atoms with E-state index in [1.54, 1.807) is 6.20 Å². The molecule has 0 spiro atoms. The molecule has 0 atom stereocenters. The number of aryl methyl sites for hydroxylation is 1. The number of nitrogens with zero attached hydrogens (tertiary/aromatic N) is 6. The monoisotopic (exact) mass is 346 g/mol. The molecule has 2 saturated heterocycles. The summed E-state index contributed by atoms with van der Waals surface area (Å²) in [5, 5.41) is 0. The number of likely N-dealkylation sites (N-methyl/N-ethyl adjacent to an activating group) is 1. The molecule has 138 valence electrons. The second-order valence-corrected chi connectivity index (χ2v) is 7.09. The van der Waals surface area contributed by atoms with Crippen LogP contribution >= 0.6 is 0 Å². The van der Waals surface area contributed by atoms with Crippen molar-refractivity contribution < 1.29 is 4.79 Å². The summed E-state index contributed by atoms with van der Waals surface area (Å²) in [4.78, 5) is 30.8. The Morgan fingerprint density at radius 3 is 2.36 bits per heavy atom. The fourth-order valence-corrected chi connectivity index (χ4v) is 3.48. The van der Waals surface area contributed by atoms with Crippen molar-refractivity contribution in [3.05, 3.63) is 17.5 Å². The number of carbonyl (C=O) groups is 1. The molecule has 7 nitrogen and oxygen atoms in total. The summed E-state index contributed by atoms with van der Waals surface area (Å²) in [6.07, 6.45) is 2.88. The van der Waals surface area contributed by atoms with Gasteiger partial charge in [0.05, 0.1) is 11.3 Å². The van der Waals surface area contributed by atoms with Crippen LogP contribution in [0.5, 0.6) is 0 Å². The normalized spacial score (nSPS) is 20.1. The zero-order valence-electron chi connectivity index (χ0n) is 15.7. The lowest BCUT2D eigenvalue weighted by Gasteiger charge is -2.35. The minimum atomic E-state index is 0.0681. The Morgan fingerprint density at radius 1 is 1.08 bits per heavy atom. The van der Waals surface area contributed by atoms with E-state index in [1.807, 2.05) is 11.8 Å². The predicted octanol–water partition coefficient (Wildman–Crippen LogP) is 0.705. The van der Waals surface area contributed by atoms with Crippen molar-refractivity contribution in [3.8, 4) is 0 Å². The summed E-state index contributed by atoms with van der Waals surface area (Å²) < 4.78 is 0. The molecule has 7 heteroatoms. The molecule has 0 aromatic carbocycles. The van der Waals surface area contributed by atoms with Gasteiger partial charge in [0.25, 0.3) is 5.91 Å². The quantitative estimate of drug-likeness (QED) is 0.800. The van der Waals surface area contributed by atoms with Crippen LogP contribution in [0.25, 0.3) is 0 Å². The van der Waals surface area contributed by atoms with E-state index in [-0.39, 0.29) is 5.91 Å². The van der Waals surface area contributed by atoms with Crippen molar-refractivity contribution in [2.24, 2.45) is 0 Å². The van der Waals surface area contributed by atoms with Gasteiger partial charge in [-0.1, -0.05) is 6.92 Å². The average molecular weight is 346 g/mol. The Bertz CT molecular complexity index is 591. The summed E-state index contributed by atoms with van der Waals surface area (Å²) in [7, 11) is 2.13. The second-order valence-electron chi connectivity index (χ2n) is 7.09. The fraction of sp³-hybridized carbons (Fsp3) is 0.722. The number of aromatic nitrogens is 2. The van der Waals surface area contributed by atoms with Gasteiger partial charge in [-0.3, -0.25) is 9.69 Å². The van der Waals surface area contributed by atoms with Crippen LogP contribution in [0.3, 0.4) is 0 Å². The summed E-state index contributed by atoms with van der Waals surface area (Å²) >= 11 is 0. The highest BCUT2D eigenvalue weighted by atomic mass is 16.2. The van der Waals surface area contributed by atoms with Gasteiger partial charge in [-0.2, -0.15) is 0 Å². The number of amides is 1. The molecule has 3 rings (SSSR count). The first-order valence-electron chi connectivity index (χ1n) is 9.37. The maximum atomic E-state index is 12.8. The molecule has 1 aromatic rings. The van der Waals surface area contributed by atoms with Crippen molar-refractivity contribution >= 4 is 11.9 Å². The average Bonchev–Trinajstić information content (AvgIpc) is 2.63. The smallest absolute Gasteiger partial charge is 0.257 e. The number of rotatable bonds is 4. The zero-order chi connectivity index (χ0) is 17.8. The standard InChI is InChI=1S/C18H30N6O/c1-4-5-22-8-12-23(13-9-22)17(25)16-14-19-18(20-15(16)2)24-10-6-21(3)7-11-24/h14H,4-13H2,1-3H3. The number of carbonyl (C=O) groups excluding carboxylic acids is 1. The first-order chi connectivity index (χ1) is 12.1. The third-order valence-electron chi connectivity index (χ3n) is 5.18. The lowest BCUT2D eigenvalue weighted by molar-refractivity contribution is 0.0636. The molecule has 2 fully saturated rings. The van der Waals surface area contributed by atoms with E-state index in [0.29, 0.717) is 5.56 Å². The van der Waals surface area contributed by atoms with E-state index in [4.69, 9.17) is 0 Å². The second kappa shape index (κ2) is 8.10. The lowest BCUT2D eigenvalue weighted by atomic mass is 10.2. The topological polar surface area (TPSA) is 55.8 Å². The molecule has 0 radical (unpaired) electrons. The van der Waals surface area contributed by atoms with Gasteiger partial charge in [0.1, 0.15) is 0 Å². The van der Waals surface area contributed by atoms with E-state index in [0.717, 1.165) is 77.0 Å². The Balaban J connectivity index is 1.64. The van der Waals surface area contributed by atoms with E-state index in [2.05, 4.69) is 38.6 Å². The van der Waals surface area contributed by atoms with Gasteiger partial charge in [0.2, 0.25) is 5.95 Å². The highest BCUT2D eigenvalue weighted by Crippen LogP contribution is 2.16. The molecule has 0 N–H and O–H groups in total. The molecule has 1 amide bonds. The minimum Gasteiger partial charge on any atom is -0.338 e. The van der Waals surface area contributed by atoms with Crippen LogP contribution in [0.15, 0.2) is 6.20 Å². The molecule has 0 saturated carbocycles. The summed E-state index contributed by atoms with van der Waals surface area (Å²) in [6, 6.07) is 0. The van der Waals surface area contributed by atoms with Gasteiger partial charge >= 0.3 is 0 Å². The Kier molecular flexibility index (Phi) is 5.86. The Morgan fingerprint density at radius 2 is 1.76 bits per heavy atom. The molecule has 0 bridgehead atoms. The van der Waals surface area contributed by atoms with Crippen molar-refractivity contribution in [2.45, 2.75) is 20.3 Å². The van der Waals surface area contributed by atoms with E-state index in [9.17, 15) is 4.79 Å². The number of hydrogen-bond donors (Lipinski definition) is 0. The molecular weight excluding hydrogens is 316 g/mol. The summed E-state index contributed by atoms with van der Waals surface area (Å²) in [5.74, 6) is 0.813. The fourth-order valence-electron chi connectivity index (χ4n) is 3.48. The first-order valence-corrected chi connectivity index (χ1v) is 9.37. The Labute approximate surface area is 150 Å². The van der Waals surface area contributed by atoms with Crippen molar-refractivity contribution in [1.82, 2.24) is 24.7 Å². The zero-order valence-corrected chi connectivity index (χ0v) is 15.7. The van der Waals surface area contributed by atoms with Crippen molar-refractivity contribution in [3.63, 3.8) is 0 Å². The molecule has 0 unspecified atom stereocenters. The van der Waals surface area contributed by atoms with Crippen LogP contribution in [0, 0.1) is 6.92 Å². The van der Waals surface area contributed by atoms with Gasteiger partial charge in [-0.15, -0.1) is 0 Å². The van der Waals surface area contributed by atoms with E-state index in [1.165, 1.54) is 0 Å². The van der Waals surface area contributed by atoms with Crippen molar-refractivity contribution in [1.29, 1.82) is 0 Å². The van der Waals surface area contributed by atoms with Gasteiger partial charge in [0, 0.05) is 58.6 Å². The SMILES string of the molecule is CCCN1CCN(C(=O)c2cnc(N3CCN(C)CC3)nc2C)CC1.